The van der Waals surface area contributed by atoms with Crippen molar-refractivity contribution >= 4 is 53.2 Å². The molecule has 0 saturated heterocycles. The highest BCUT2D eigenvalue weighted by Gasteiger charge is 2.45. The van der Waals surface area contributed by atoms with Crippen molar-refractivity contribution in [2.75, 3.05) is 30.8 Å². The molecule has 0 bridgehead atoms. The van der Waals surface area contributed by atoms with Gasteiger partial charge in [-0.15, -0.1) is 5.10 Å². The van der Waals surface area contributed by atoms with Gasteiger partial charge in [-0.2, -0.15) is 0 Å². The lowest BCUT2D eigenvalue weighted by atomic mass is 10.1. The summed E-state index contributed by atoms with van der Waals surface area (Å²) < 4.78 is 61.4. The fourth-order valence-corrected chi connectivity index (χ4v) is 9.85. The maximum absolute atomic E-state index is 13.3. The van der Waals surface area contributed by atoms with E-state index in [2.05, 4.69) is 20.7 Å². The molecule has 2 N–H and O–H groups in total. The number of unbranched alkanes of at least 4 members (excludes halogenated alkanes) is 2. The molecule has 16 heteroatoms. The summed E-state index contributed by atoms with van der Waals surface area (Å²) in [5.41, 5.74) is 3.22. The van der Waals surface area contributed by atoms with E-state index in [1.165, 1.54) is 13.3 Å². The topological polar surface area (TPSA) is 173 Å². The highest BCUT2D eigenvalue weighted by atomic mass is 32.2. The summed E-state index contributed by atoms with van der Waals surface area (Å²) in [7, 11) is -6.39. The van der Waals surface area contributed by atoms with Gasteiger partial charge in [0.1, 0.15) is 21.2 Å². The number of amides is 2. The summed E-state index contributed by atoms with van der Waals surface area (Å²) in [5, 5.41) is 10.5. The number of carbonyl (C=O) groups excluding carboxylic acids is 2. The molecular formula is C42H45N7O7S2. The number of anilines is 2. The molecule has 0 atom stereocenters. The second kappa shape index (κ2) is 17.9. The van der Waals surface area contributed by atoms with Gasteiger partial charge in [0.15, 0.2) is 5.82 Å². The highest BCUT2D eigenvalue weighted by molar-refractivity contribution is 8.00. The van der Waals surface area contributed by atoms with Crippen LogP contribution in [0.15, 0.2) is 127 Å². The molecule has 2 amide bonds. The average molecular weight is 824 g/mol. The third-order valence-electron chi connectivity index (χ3n) is 9.29. The van der Waals surface area contributed by atoms with Crippen LogP contribution in [0.4, 0.5) is 11.5 Å². The third-order valence-corrected chi connectivity index (χ3v) is 13.1. The number of rotatable bonds is 14. The van der Waals surface area contributed by atoms with Crippen LogP contribution in [0.1, 0.15) is 56.4 Å². The van der Waals surface area contributed by atoms with E-state index in [0.29, 0.717) is 41.4 Å². The molecule has 5 aromatic rings. The number of nitrogens with one attached hydrogen (secondary N) is 2. The number of aromatic nitrogens is 3. The van der Waals surface area contributed by atoms with Gasteiger partial charge < -0.3 is 15.4 Å². The van der Waals surface area contributed by atoms with Gasteiger partial charge in [0.2, 0.25) is 5.88 Å². The first-order chi connectivity index (χ1) is 27.9. The predicted molar refractivity (Wildman–Crippen MR) is 224 cm³/mol. The van der Waals surface area contributed by atoms with E-state index in [1.54, 1.807) is 83.5 Å². The fourth-order valence-electron chi connectivity index (χ4n) is 6.39. The Morgan fingerprint density at radius 1 is 0.655 bits per heavy atom. The summed E-state index contributed by atoms with van der Waals surface area (Å²) in [6.45, 7) is 6.10. The number of carbonyl (C=O) groups is 2. The van der Waals surface area contributed by atoms with Crippen LogP contribution < -0.4 is 15.4 Å². The van der Waals surface area contributed by atoms with E-state index < -0.39 is 31.9 Å². The van der Waals surface area contributed by atoms with E-state index in [4.69, 9.17) is 4.74 Å². The summed E-state index contributed by atoms with van der Waals surface area (Å²) in [6.07, 6.45) is 4.25. The first-order valence-electron chi connectivity index (χ1n) is 18.8. The molecule has 7 rings (SSSR count). The van der Waals surface area contributed by atoms with Crippen LogP contribution in [0, 0.1) is 6.92 Å². The molecule has 2 aliphatic rings. The van der Waals surface area contributed by atoms with Gasteiger partial charge in [-0.05, 0) is 49.1 Å². The van der Waals surface area contributed by atoms with E-state index in [9.17, 15) is 26.4 Å². The second-order valence-corrected chi connectivity index (χ2v) is 17.0. The first kappa shape index (κ1) is 41.4. The number of hydrogen-bond donors (Lipinski definition) is 2. The number of para-hydroxylation sites is 1. The number of aryl methyl sites for hydroxylation is 1. The van der Waals surface area contributed by atoms with Gasteiger partial charge in [0.05, 0.1) is 24.7 Å². The third kappa shape index (κ3) is 8.52. The van der Waals surface area contributed by atoms with Crippen molar-refractivity contribution in [3.8, 4) is 11.6 Å². The second-order valence-electron chi connectivity index (χ2n) is 13.4. The van der Waals surface area contributed by atoms with Crippen LogP contribution in [0.2, 0.25) is 0 Å². The Balaban J connectivity index is 0.000000198. The van der Waals surface area contributed by atoms with Crippen molar-refractivity contribution < 1.29 is 31.2 Å². The first-order valence-corrected chi connectivity index (χ1v) is 21.7. The predicted octanol–water partition coefficient (Wildman–Crippen LogP) is 6.78. The Kier molecular flexibility index (Phi) is 12.8. The van der Waals surface area contributed by atoms with Crippen molar-refractivity contribution in [2.24, 2.45) is 0 Å². The van der Waals surface area contributed by atoms with Gasteiger partial charge in [0.25, 0.3) is 31.9 Å². The maximum atomic E-state index is 13.3. The normalized spacial score (nSPS) is 15.7. The van der Waals surface area contributed by atoms with Crippen LogP contribution in [0.25, 0.3) is 15.5 Å². The number of sulfonamides is 2. The quantitative estimate of drug-likeness (QED) is 0.121. The molecule has 302 valence electrons. The van der Waals surface area contributed by atoms with Gasteiger partial charge in [-0.3, -0.25) is 9.59 Å². The Morgan fingerprint density at radius 3 is 1.59 bits per heavy atom. The van der Waals surface area contributed by atoms with Crippen molar-refractivity contribution in [3.63, 3.8) is 0 Å². The summed E-state index contributed by atoms with van der Waals surface area (Å²) in [4.78, 5) is 30.1. The van der Waals surface area contributed by atoms with Crippen LogP contribution >= 0.6 is 0 Å². The maximum Gasteiger partial charge on any atom is 0.285 e. The van der Waals surface area contributed by atoms with Gasteiger partial charge in [-0.1, -0.05) is 106 Å². The highest BCUT2D eigenvalue weighted by Crippen LogP contribution is 2.38. The van der Waals surface area contributed by atoms with E-state index in [1.807, 2.05) is 51.1 Å². The van der Waals surface area contributed by atoms with E-state index in [0.717, 1.165) is 32.8 Å². The molecule has 0 unspecified atom stereocenters. The minimum absolute atomic E-state index is 0.0129. The number of methoxy groups -OCH3 is 1. The lowest BCUT2D eigenvalue weighted by Crippen LogP contribution is -2.33. The van der Waals surface area contributed by atoms with Crippen LogP contribution in [0.5, 0.6) is 5.88 Å². The van der Waals surface area contributed by atoms with Gasteiger partial charge in [0, 0.05) is 30.9 Å². The van der Waals surface area contributed by atoms with Crippen molar-refractivity contribution in [1.29, 1.82) is 0 Å². The molecule has 0 fully saturated rings. The van der Waals surface area contributed by atoms with Gasteiger partial charge >= 0.3 is 0 Å². The molecule has 14 nitrogen and oxygen atoms in total. The molecule has 58 heavy (non-hydrogen) atoms. The van der Waals surface area contributed by atoms with Gasteiger partial charge in [-0.25, -0.2) is 35.1 Å². The van der Waals surface area contributed by atoms with Crippen molar-refractivity contribution in [2.45, 2.75) is 46.5 Å². The summed E-state index contributed by atoms with van der Waals surface area (Å²) in [6, 6.07) is 32.0. The number of ether oxygens (including phenoxy) is 1. The molecule has 3 aromatic carbocycles. The number of nitrogens with zero attached hydrogens (tertiary/aromatic N) is 5. The van der Waals surface area contributed by atoms with Crippen molar-refractivity contribution in [3.05, 3.63) is 144 Å². The van der Waals surface area contributed by atoms with Crippen molar-refractivity contribution in [1.82, 2.24) is 23.4 Å². The summed E-state index contributed by atoms with van der Waals surface area (Å²) >= 11 is 0. The molecule has 4 heterocycles. The summed E-state index contributed by atoms with van der Waals surface area (Å²) in [5.74, 6) is -0.282. The van der Waals surface area contributed by atoms with Crippen LogP contribution in [-0.2, 0) is 29.6 Å². The average Bonchev–Trinajstić information content (AvgIpc) is 3.76. The lowest BCUT2D eigenvalue weighted by molar-refractivity contribution is -0.122. The van der Waals surface area contributed by atoms with Crippen LogP contribution in [-0.4, -0.2) is 72.2 Å². The Morgan fingerprint density at radius 2 is 1.14 bits per heavy atom. The zero-order valence-corrected chi connectivity index (χ0v) is 34.3. The molecule has 0 spiro atoms. The molecule has 0 radical (unpaired) electrons. The largest absolute Gasteiger partial charge is 0.481 e. The Bertz CT molecular complexity index is 2540. The Hall–Kier alpha value is -6.26. The van der Waals surface area contributed by atoms with E-state index >= 15 is 0 Å². The van der Waals surface area contributed by atoms with Crippen LogP contribution in [0.3, 0.4) is 0 Å². The SMILES string of the molecule is CCCCN1C(=O)C(Nc2cc(C)n(-c3ccccc3)n2)=C(c2ccccc2)S1(=O)=O.CCCCN1C(=O)C(Nc2ccc(OC)nc2)=C(c2ccccc2)S1(=O)=O. The molecule has 0 aliphatic carbocycles. The standard InChI is InChI=1S/C23H24N4O3S.C19H21N3O4S/c1-3-4-15-26-23(28)21(22(31(26,29)30)18-11-7-5-8-12-18)24-20-16-17(2)27(25-20)19-13-9-6-10-14-19;1-3-4-12-22-19(23)17(21-15-10-11-16(26-2)20-13-15)18(27(22,24)25)14-8-6-5-7-9-14/h5-14,16H,3-4,15H2,1-2H3,(H,24,25);5-11,13,21H,3-4,12H2,1-2H3. The zero-order chi connectivity index (χ0) is 41.5. The minimum atomic E-state index is -3.96. The molecule has 2 aliphatic heterocycles. The van der Waals surface area contributed by atoms with E-state index in [-0.39, 0.29) is 34.3 Å². The number of benzene rings is 3. The smallest absolute Gasteiger partial charge is 0.285 e. The zero-order valence-electron chi connectivity index (χ0n) is 32.6. The minimum Gasteiger partial charge on any atom is -0.481 e. The fraction of sp³-hybridized carbons (Fsp3) is 0.238. The number of hydrogen-bond acceptors (Lipinski definition) is 11. The molecule has 2 aromatic heterocycles. The lowest BCUT2D eigenvalue weighted by Gasteiger charge is -2.16. The monoisotopic (exact) mass is 823 g/mol. The Labute approximate surface area is 339 Å². The number of pyridine rings is 1. The molecule has 0 saturated carbocycles. The molecular weight excluding hydrogens is 779 g/mol.